The van der Waals surface area contributed by atoms with Crippen LogP contribution in [0, 0.1) is 0 Å². The summed E-state index contributed by atoms with van der Waals surface area (Å²) in [6, 6.07) is 12.1. The van der Waals surface area contributed by atoms with Crippen molar-refractivity contribution in [2.45, 2.75) is 6.42 Å². The Morgan fingerprint density at radius 1 is 0.893 bits per heavy atom. The van der Waals surface area contributed by atoms with E-state index in [4.69, 9.17) is 14.2 Å². The third kappa shape index (κ3) is 4.34. The van der Waals surface area contributed by atoms with Crippen LogP contribution in [0.15, 0.2) is 42.5 Å². The molecule has 0 saturated carbocycles. The number of rotatable bonds is 4. The molecule has 0 unspecified atom stereocenters. The SMILES string of the molecule is O=C(Nc1ccc(CC(=O)N2CCOCC2)cc1)Nc1ccc2c(c1)OCO2. The molecular weight excluding hydrogens is 362 g/mol. The van der Waals surface area contributed by atoms with Crippen LogP contribution in [-0.4, -0.2) is 49.9 Å². The van der Waals surface area contributed by atoms with Crippen molar-refractivity contribution in [2.75, 3.05) is 43.7 Å². The summed E-state index contributed by atoms with van der Waals surface area (Å²) >= 11 is 0. The molecule has 4 rings (SSSR count). The maximum absolute atomic E-state index is 12.3. The summed E-state index contributed by atoms with van der Waals surface area (Å²) in [5, 5.41) is 5.52. The second-order valence-electron chi connectivity index (χ2n) is 6.51. The van der Waals surface area contributed by atoms with Gasteiger partial charge in [-0.2, -0.15) is 0 Å². The Morgan fingerprint density at radius 2 is 1.57 bits per heavy atom. The number of morpholine rings is 1. The highest BCUT2D eigenvalue weighted by atomic mass is 16.7. The number of nitrogens with zero attached hydrogens (tertiary/aromatic N) is 1. The molecule has 0 aromatic heterocycles. The van der Waals surface area contributed by atoms with E-state index >= 15 is 0 Å². The first-order valence-corrected chi connectivity index (χ1v) is 9.09. The van der Waals surface area contributed by atoms with Crippen LogP contribution < -0.4 is 20.1 Å². The predicted octanol–water partition coefficient (Wildman–Crippen LogP) is 2.46. The number of hydrogen-bond donors (Lipinski definition) is 2. The molecule has 2 N–H and O–H groups in total. The van der Waals surface area contributed by atoms with E-state index in [1.165, 1.54) is 0 Å². The van der Waals surface area contributed by atoms with E-state index in [0.29, 0.717) is 55.6 Å². The van der Waals surface area contributed by atoms with Crippen molar-refractivity contribution < 1.29 is 23.8 Å². The smallest absolute Gasteiger partial charge is 0.323 e. The highest BCUT2D eigenvalue weighted by molar-refractivity contribution is 6.00. The molecule has 0 bridgehead atoms. The lowest BCUT2D eigenvalue weighted by Crippen LogP contribution is -2.41. The van der Waals surface area contributed by atoms with Gasteiger partial charge in [-0.05, 0) is 29.8 Å². The first kappa shape index (κ1) is 18.1. The van der Waals surface area contributed by atoms with E-state index in [9.17, 15) is 9.59 Å². The Kier molecular flexibility index (Phi) is 5.29. The van der Waals surface area contributed by atoms with Crippen LogP contribution in [0.4, 0.5) is 16.2 Å². The monoisotopic (exact) mass is 383 g/mol. The molecule has 0 aliphatic carbocycles. The van der Waals surface area contributed by atoms with Gasteiger partial charge >= 0.3 is 6.03 Å². The minimum Gasteiger partial charge on any atom is -0.454 e. The van der Waals surface area contributed by atoms with Gasteiger partial charge in [-0.15, -0.1) is 0 Å². The van der Waals surface area contributed by atoms with Gasteiger partial charge in [-0.25, -0.2) is 4.79 Å². The summed E-state index contributed by atoms with van der Waals surface area (Å²) in [4.78, 5) is 26.3. The fourth-order valence-corrected chi connectivity index (χ4v) is 3.07. The Hall–Kier alpha value is -3.26. The molecule has 8 heteroatoms. The van der Waals surface area contributed by atoms with Crippen molar-refractivity contribution in [1.29, 1.82) is 0 Å². The van der Waals surface area contributed by atoms with Gasteiger partial charge in [0.05, 0.1) is 19.6 Å². The van der Waals surface area contributed by atoms with Gasteiger partial charge in [0.25, 0.3) is 0 Å². The Morgan fingerprint density at radius 3 is 2.36 bits per heavy atom. The number of fused-ring (bicyclic) bond motifs is 1. The molecule has 0 atom stereocenters. The number of carbonyl (C=O) groups is 2. The molecule has 28 heavy (non-hydrogen) atoms. The maximum atomic E-state index is 12.3. The van der Waals surface area contributed by atoms with E-state index in [1.54, 1.807) is 30.3 Å². The third-order valence-electron chi connectivity index (χ3n) is 4.56. The van der Waals surface area contributed by atoms with E-state index in [1.807, 2.05) is 17.0 Å². The Bertz CT molecular complexity index is 863. The fourth-order valence-electron chi connectivity index (χ4n) is 3.07. The van der Waals surface area contributed by atoms with Crippen molar-refractivity contribution in [3.8, 4) is 11.5 Å². The van der Waals surface area contributed by atoms with Gasteiger partial charge < -0.3 is 29.7 Å². The lowest BCUT2D eigenvalue weighted by molar-refractivity contribution is -0.134. The quantitative estimate of drug-likeness (QED) is 0.847. The number of nitrogens with one attached hydrogen (secondary N) is 2. The minimum atomic E-state index is -0.365. The van der Waals surface area contributed by atoms with Crippen LogP contribution in [0.5, 0.6) is 11.5 Å². The molecule has 2 aliphatic heterocycles. The van der Waals surface area contributed by atoms with Gasteiger partial charge in [0.2, 0.25) is 12.7 Å². The summed E-state index contributed by atoms with van der Waals surface area (Å²) in [6.07, 6.45) is 0.337. The number of hydrogen-bond acceptors (Lipinski definition) is 5. The summed E-state index contributed by atoms with van der Waals surface area (Å²) in [7, 11) is 0. The van der Waals surface area contributed by atoms with Gasteiger partial charge in [-0.3, -0.25) is 4.79 Å². The number of urea groups is 1. The number of anilines is 2. The molecular formula is C20H21N3O5. The molecule has 8 nitrogen and oxygen atoms in total. The van der Waals surface area contributed by atoms with Gasteiger partial charge in [0.15, 0.2) is 11.5 Å². The number of benzene rings is 2. The molecule has 2 aromatic carbocycles. The number of amides is 3. The summed E-state index contributed by atoms with van der Waals surface area (Å²) < 4.78 is 15.8. The second kappa shape index (κ2) is 8.18. The second-order valence-corrected chi connectivity index (χ2v) is 6.51. The Labute approximate surface area is 162 Å². The van der Waals surface area contributed by atoms with Crippen LogP contribution in [-0.2, 0) is 16.0 Å². The third-order valence-corrected chi connectivity index (χ3v) is 4.56. The van der Waals surface area contributed by atoms with E-state index in [2.05, 4.69) is 10.6 Å². The van der Waals surface area contributed by atoms with Gasteiger partial charge in [0, 0.05) is 30.5 Å². The highest BCUT2D eigenvalue weighted by Gasteiger charge is 2.17. The summed E-state index contributed by atoms with van der Waals surface area (Å²) in [5.74, 6) is 1.35. The van der Waals surface area contributed by atoms with Crippen molar-refractivity contribution in [3.63, 3.8) is 0 Å². The molecule has 2 heterocycles. The zero-order valence-electron chi connectivity index (χ0n) is 15.3. The highest BCUT2D eigenvalue weighted by Crippen LogP contribution is 2.34. The van der Waals surface area contributed by atoms with Gasteiger partial charge in [0.1, 0.15) is 0 Å². The zero-order chi connectivity index (χ0) is 19.3. The minimum absolute atomic E-state index is 0.0876. The largest absolute Gasteiger partial charge is 0.454 e. The average Bonchev–Trinajstić information content (AvgIpc) is 3.18. The van der Waals surface area contributed by atoms with E-state index in [-0.39, 0.29) is 18.7 Å². The van der Waals surface area contributed by atoms with Crippen molar-refractivity contribution in [1.82, 2.24) is 4.90 Å². The summed E-state index contributed by atoms with van der Waals surface area (Å²) in [6.45, 7) is 2.64. The van der Waals surface area contributed by atoms with Crippen LogP contribution >= 0.6 is 0 Å². The first-order valence-electron chi connectivity index (χ1n) is 9.09. The molecule has 1 saturated heterocycles. The van der Waals surface area contributed by atoms with Crippen LogP contribution in [0.1, 0.15) is 5.56 Å². The van der Waals surface area contributed by atoms with Gasteiger partial charge in [-0.1, -0.05) is 12.1 Å². The first-order chi connectivity index (χ1) is 13.7. The van der Waals surface area contributed by atoms with Crippen LogP contribution in [0.25, 0.3) is 0 Å². The molecule has 1 fully saturated rings. The molecule has 3 amide bonds. The lowest BCUT2D eigenvalue weighted by Gasteiger charge is -2.26. The molecule has 2 aromatic rings. The molecule has 0 radical (unpaired) electrons. The summed E-state index contributed by atoms with van der Waals surface area (Å²) in [5.41, 5.74) is 2.15. The van der Waals surface area contributed by atoms with E-state index in [0.717, 1.165) is 5.56 Å². The maximum Gasteiger partial charge on any atom is 0.323 e. The number of ether oxygens (including phenoxy) is 3. The molecule has 2 aliphatic rings. The molecule has 0 spiro atoms. The van der Waals surface area contributed by atoms with Crippen LogP contribution in [0.2, 0.25) is 0 Å². The zero-order valence-corrected chi connectivity index (χ0v) is 15.3. The van der Waals surface area contributed by atoms with Crippen molar-refractivity contribution in [2.24, 2.45) is 0 Å². The van der Waals surface area contributed by atoms with Crippen molar-refractivity contribution >= 4 is 23.3 Å². The van der Waals surface area contributed by atoms with E-state index < -0.39 is 0 Å². The Balaban J connectivity index is 1.30. The fraction of sp³-hybridized carbons (Fsp3) is 0.300. The van der Waals surface area contributed by atoms with Crippen molar-refractivity contribution in [3.05, 3.63) is 48.0 Å². The lowest BCUT2D eigenvalue weighted by atomic mass is 10.1. The average molecular weight is 383 g/mol. The predicted molar refractivity (Wildman–Crippen MR) is 103 cm³/mol. The number of carbonyl (C=O) groups excluding carboxylic acids is 2. The standard InChI is InChI=1S/C20H21N3O5/c24-19(23-7-9-26-10-8-23)11-14-1-3-15(4-2-14)21-20(25)22-16-5-6-17-18(12-16)28-13-27-17/h1-6,12H,7-11,13H2,(H2,21,22,25). The normalized spacial score (nSPS) is 15.2. The van der Waals surface area contributed by atoms with Crippen LogP contribution in [0.3, 0.4) is 0 Å². The topological polar surface area (TPSA) is 89.1 Å². The molecule has 146 valence electrons.